The maximum atomic E-state index is 12.2. The number of nitriles is 1. The summed E-state index contributed by atoms with van der Waals surface area (Å²) in [5.74, 6) is 0.837. The van der Waals surface area contributed by atoms with Gasteiger partial charge in [0, 0.05) is 19.5 Å². The number of sulfonamides is 1. The van der Waals surface area contributed by atoms with E-state index >= 15 is 0 Å². The molecule has 1 N–H and O–H groups in total. The summed E-state index contributed by atoms with van der Waals surface area (Å²) < 4.78 is 32.0. The predicted molar refractivity (Wildman–Crippen MR) is 89.9 cm³/mol. The largest absolute Gasteiger partial charge is 0.371 e. The predicted octanol–water partition coefficient (Wildman–Crippen LogP) is 1.34. The molecule has 1 aromatic rings. The SMILES string of the molecule is CCCS(=O)(=O)N1CC[C@@]2(C[C@H](Nc3cccc(C#N)n3)CO2)C1. The summed E-state index contributed by atoms with van der Waals surface area (Å²) in [6.45, 7) is 3.34. The number of pyridine rings is 1. The fraction of sp³-hybridized carbons (Fsp3) is 0.625. The van der Waals surface area contributed by atoms with Gasteiger partial charge in [0.1, 0.15) is 17.6 Å². The van der Waals surface area contributed by atoms with Crippen molar-refractivity contribution in [2.75, 3.05) is 30.8 Å². The molecule has 0 radical (unpaired) electrons. The zero-order chi connectivity index (χ0) is 17.2. The van der Waals surface area contributed by atoms with Gasteiger partial charge >= 0.3 is 0 Å². The monoisotopic (exact) mass is 350 g/mol. The van der Waals surface area contributed by atoms with Crippen molar-refractivity contribution >= 4 is 15.8 Å². The first-order valence-electron chi connectivity index (χ1n) is 8.22. The number of hydrogen-bond acceptors (Lipinski definition) is 6. The van der Waals surface area contributed by atoms with Gasteiger partial charge in [0.15, 0.2) is 0 Å². The molecule has 2 atom stereocenters. The van der Waals surface area contributed by atoms with E-state index in [9.17, 15) is 8.42 Å². The number of anilines is 1. The molecule has 1 aromatic heterocycles. The number of hydrogen-bond donors (Lipinski definition) is 1. The van der Waals surface area contributed by atoms with E-state index in [2.05, 4.69) is 10.3 Å². The molecule has 0 aromatic carbocycles. The van der Waals surface area contributed by atoms with Gasteiger partial charge in [-0.25, -0.2) is 13.4 Å². The van der Waals surface area contributed by atoms with Gasteiger partial charge in [-0.05, 0) is 25.0 Å². The summed E-state index contributed by atoms with van der Waals surface area (Å²) in [4.78, 5) is 4.21. The lowest BCUT2D eigenvalue weighted by molar-refractivity contribution is 0.0173. The molecule has 0 aliphatic carbocycles. The summed E-state index contributed by atoms with van der Waals surface area (Å²) in [7, 11) is -3.17. The lowest BCUT2D eigenvalue weighted by atomic mass is 9.97. The zero-order valence-corrected chi connectivity index (χ0v) is 14.6. The maximum Gasteiger partial charge on any atom is 0.214 e. The molecule has 24 heavy (non-hydrogen) atoms. The standard InChI is InChI=1S/C16H22N4O3S/c1-2-8-24(21,22)20-7-6-16(12-20)9-14(11-23-16)19-15-5-3-4-13(10-17)18-15/h3-5,14H,2,6-9,11-12H2,1H3,(H,18,19)/t14-,16+/m0/s1. The molecule has 0 saturated carbocycles. The molecule has 2 aliphatic rings. The Kier molecular flexibility index (Phi) is 4.76. The van der Waals surface area contributed by atoms with Crippen LogP contribution in [0.4, 0.5) is 5.82 Å². The fourth-order valence-corrected chi connectivity index (χ4v) is 5.02. The highest BCUT2D eigenvalue weighted by atomic mass is 32.2. The van der Waals surface area contributed by atoms with Crippen molar-refractivity contribution in [3.05, 3.63) is 23.9 Å². The number of nitrogens with zero attached hydrogens (tertiary/aromatic N) is 3. The lowest BCUT2D eigenvalue weighted by Gasteiger charge is -2.23. The average Bonchev–Trinajstić information content (AvgIpc) is 3.15. The molecule has 2 fully saturated rings. The Bertz CT molecular complexity index is 746. The first kappa shape index (κ1) is 17.1. The van der Waals surface area contributed by atoms with Gasteiger partial charge in [-0.2, -0.15) is 9.57 Å². The average molecular weight is 350 g/mol. The molecular weight excluding hydrogens is 328 g/mol. The van der Waals surface area contributed by atoms with Crippen molar-refractivity contribution in [3.8, 4) is 6.07 Å². The lowest BCUT2D eigenvalue weighted by Crippen LogP contribution is -2.37. The van der Waals surface area contributed by atoms with E-state index in [1.165, 1.54) is 0 Å². The van der Waals surface area contributed by atoms with Gasteiger partial charge in [-0.15, -0.1) is 0 Å². The molecule has 8 heteroatoms. The molecule has 0 bridgehead atoms. The van der Waals surface area contributed by atoms with E-state index in [1.54, 1.807) is 16.4 Å². The molecule has 3 rings (SSSR count). The van der Waals surface area contributed by atoms with Gasteiger partial charge in [0.05, 0.1) is 24.0 Å². The summed E-state index contributed by atoms with van der Waals surface area (Å²) in [6, 6.07) is 7.35. The minimum absolute atomic E-state index is 0.0697. The Morgan fingerprint density at radius 3 is 3.12 bits per heavy atom. The van der Waals surface area contributed by atoms with Crippen molar-refractivity contribution in [1.29, 1.82) is 5.26 Å². The molecule has 0 unspecified atom stereocenters. The number of nitrogens with one attached hydrogen (secondary N) is 1. The fourth-order valence-electron chi connectivity index (χ4n) is 3.44. The van der Waals surface area contributed by atoms with Crippen molar-refractivity contribution < 1.29 is 13.2 Å². The van der Waals surface area contributed by atoms with Crippen LogP contribution in [0.1, 0.15) is 31.9 Å². The maximum absolute atomic E-state index is 12.2. The highest BCUT2D eigenvalue weighted by molar-refractivity contribution is 7.89. The van der Waals surface area contributed by atoms with Gasteiger partial charge < -0.3 is 10.1 Å². The minimum Gasteiger partial charge on any atom is -0.371 e. The third-order valence-electron chi connectivity index (χ3n) is 4.56. The minimum atomic E-state index is -3.17. The highest BCUT2D eigenvalue weighted by Crippen LogP contribution is 2.37. The van der Waals surface area contributed by atoms with Crippen LogP contribution in [0.2, 0.25) is 0 Å². The van der Waals surface area contributed by atoms with E-state index < -0.39 is 15.6 Å². The summed E-state index contributed by atoms with van der Waals surface area (Å²) >= 11 is 0. The Morgan fingerprint density at radius 1 is 1.54 bits per heavy atom. The molecular formula is C16H22N4O3S. The van der Waals surface area contributed by atoms with Crippen LogP contribution in [-0.4, -0.2) is 54.8 Å². The van der Waals surface area contributed by atoms with Crippen LogP contribution in [0.25, 0.3) is 0 Å². The third kappa shape index (κ3) is 3.53. The molecule has 2 saturated heterocycles. The highest BCUT2D eigenvalue weighted by Gasteiger charge is 2.48. The topological polar surface area (TPSA) is 95.3 Å². The van der Waals surface area contributed by atoms with Crippen LogP contribution in [0.3, 0.4) is 0 Å². The first-order valence-corrected chi connectivity index (χ1v) is 9.83. The normalized spacial score (nSPS) is 27.4. The van der Waals surface area contributed by atoms with Crippen molar-refractivity contribution in [2.45, 2.75) is 37.8 Å². The van der Waals surface area contributed by atoms with Crippen molar-refractivity contribution in [1.82, 2.24) is 9.29 Å². The number of rotatable bonds is 5. The van der Waals surface area contributed by atoms with Gasteiger partial charge in [-0.3, -0.25) is 0 Å². The summed E-state index contributed by atoms with van der Waals surface area (Å²) in [6.07, 6.45) is 2.08. The second-order valence-corrected chi connectivity index (χ2v) is 8.55. The van der Waals surface area contributed by atoms with Crippen molar-refractivity contribution in [3.63, 3.8) is 0 Å². The van der Waals surface area contributed by atoms with Crippen molar-refractivity contribution in [2.24, 2.45) is 0 Å². The Balaban J connectivity index is 1.62. The van der Waals surface area contributed by atoms with Crippen LogP contribution in [-0.2, 0) is 14.8 Å². The van der Waals surface area contributed by atoms with Crippen LogP contribution in [0.5, 0.6) is 0 Å². The van der Waals surface area contributed by atoms with Crippen LogP contribution < -0.4 is 5.32 Å². The Hall–Kier alpha value is -1.69. The molecule has 3 heterocycles. The number of ether oxygens (including phenoxy) is 1. The van der Waals surface area contributed by atoms with E-state index in [4.69, 9.17) is 10.00 Å². The molecule has 0 amide bonds. The van der Waals surface area contributed by atoms with Gasteiger partial charge in [-0.1, -0.05) is 13.0 Å². The Labute approximate surface area is 142 Å². The molecule has 1 spiro atoms. The molecule has 130 valence electrons. The van der Waals surface area contributed by atoms with E-state index in [1.807, 2.05) is 19.1 Å². The van der Waals surface area contributed by atoms with E-state index in [0.717, 1.165) is 12.8 Å². The summed E-state index contributed by atoms with van der Waals surface area (Å²) in [5, 5.41) is 12.2. The van der Waals surface area contributed by atoms with Gasteiger partial charge in [0.25, 0.3) is 0 Å². The van der Waals surface area contributed by atoms with Crippen LogP contribution in [0, 0.1) is 11.3 Å². The molecule has 2 aliphatic heterocycles. The first-order chi connectivity index (χ1) is 11.5. The summed E-state index contributed by atoms with van der Waals surface area (Å²) in [5.41, 5.74) is -0.0305. The molecule has 7 nitrogen and oxygen atoms in total. The second kappa shape index (κ2) is 6.67. The smallest absolute Gasteiger partial charge is 0.214 e. The Morgan fingerprint density at radius 2 is 2.38 bits per heavy atom. The van der Waals surface area contributed by atoms with Crippen LogP contribution >= 0.6 is 0 Å². The van der Waals surface area contributed by atoms with E-state index in [-0.39, 0.29) is 11.8 Å². The van der Waals surface area contributed by atoms with E-state index in [0.29, 0.717) is 37.6 Å². The number of aromatic nitrogens is 1. The quantitative estimate of drug-likeness (QED) is 0.861. The van der Waals surface area contributed by atoms with Crippen LogP contribution in [0.15, 0.2) is 18.2 Å². The second-order valence-electron chi connectivity index (χ2n) is 6.46. The van der Waals surface area contributed by atoms with Gasteiger partial charge in [0.2, 0.25) is 10.0 Å². The zero-order valence-electron chi connectivity index (χ0n) is 13.7. The third-order valence-corrected chi connectivity index (χ3v) is 6.58.